The van der Waals surface area contributed by atoms with Gasteiger partial charge in [0.25, 0.3) is 0 Å². The number of urea groups is 1. The smallest absolute Gasteiger partial charge is 0.315 e. The zero-order chi connectivity index (χ0) is 16.0. The molecule has 0 aromatic carbocycles. The summed E-state index contributed by atoms with van der Waals surface area (Å²) in [6.45, 7) is 5.03. The van der Waals surface area contributed by atoms with Crippen LogP contribution < -0.4 is 10.6 Å². The molecule has 6 heteroatoms. The number of carbonyl (C=O) groups excluding carboxylic acids is 1. The average Bonchev–Trinajstić information content (AvgIpc) is 2.22. The largest absolute Gasteiger partial charge is 0.481 e. The Morgan fingerprint density at radius 3 is 2.29 bits per heavy atom. The second-order valence-electron chi connectivity index (χ2n) is 6.89. The van der Waals surface area contributed by atoms with Crippen LogP contribution >= 0.6 is 0 Å². The van der Waals surface area contributed by atoms with Crippen molar-refractivity contribution in [2.45, 2.75) is 57.5 Å². The van der Waals surface area contributed by atoms with Crippen molar-refractivity contribution in [3.05, 3.63) is 0 Å². The molecule has 0 radical (unpaired) electrons. The number of carbonyl (C=O) groups is 2. The molecule has 0 aliphatic heterocycles. The first-order chi connectivity index (χ1) is 9.72. The summed E-state index contributed by atoms with van der Waals surface area (Å²) in [5.74, 6) is -0.367. The van der Waals surface area contributed by atoms with E-state index >= 15 is 0 Å². The van der Waals surface area contributed by atoms with Gasteiger partial charge in [-0.3, -0.25) is 4.79 Å². The van der Waals surface area contributed by atoms with E-state index in [0.29, 0.717) is 5.92 Å². The van der Waals surface area contributed by atoms with Gasteiger partial charge in [-0.1, -0.05) is 13.8 Å². The van der Waals surface area contributed by atoms with E-state index in [9.17, 15) is 9.59 Å². The number of hydrogen-bond donors (Lipinski definition) is 3. The Labute approximate surface area is 127 Å². The van der Waals surface area contributed by atoms with Crippen molar-refractivity contribution < 1.29 is 14.7 Å². The number of aliphatic carboxylic acids is 1. The molecule has 0 spiro atoms. The quantitative estimate of drug-likeness (QED) is 0.636. The van der Waals surface area contributed by atoms with Gasteiger partial charge in [-0.2, -0.15) is 0 Å². The molecule has 1 fully saturated rings. The summed E-state index contributed by atoms with van der Waals surface area (Å²) in [4.78, 5) is 25.1. The van der Waals surface area contributed by atoms with Crippen LogP contribution in [0.1, 0.15) is 46.0 Å². The molecule has 1 rings (SSSR count). The van der Waals surface area contributed by atoms with Crippen molar-refractivity contribution in [3.63, 3.8) is 0 Å². The summed E-state index contributed by atoms with van der Waals surface area (Å²) in [5.41, 5.74) is -0.545. The molecule has 6 nitrogen and oxygen atoms in total. The standard InChI is InChI=1S/C15H29N3O3/c1-11(2)8-12(10-18(3)4)16-14(21)17-15(6-5-7-15)9-13(19)20/h11-12H,5-10H2,1-4H3,(H,19,20)(H2,16,17,21). The van der Waals surface area contributed by atoms with Crippen LogP contribution in [0.25, 0.3) is 0 Å². The highest BCUT2D eigenvalue weighted by atomic mass is 16.4. The maximum absolute atomic E-state index is 12.2. The minimum absolute atomic E-state index is 0.00292. The van der Waals surface area contributed by atoms with Crippen LogP contribution in [-0.4, -0.2) is 54.2 Å². The Bertz CT molecular complexity index is 355. The highest BCUT2D eigenvalue weighted by Gasteiger charge is 2.40. The van der Waals surface area contributed by atoms with Crippen LogP contribution in [-0.2, 0) is 4.79 Å². The van der Waals surface area contributed by atoms with Crippen LogP contribution in [0.2, 0.25) is 0 Å². The fourth-order valence-electron chi connectivity index (χ4n) is 2.89. The van der Waals surface area contributed by atoms with Gasteiger partial charge in [0.05, 0.1) is 12.0 Å². The molecule has 1 saturated carbocycles. The van der Waals surface area contributed by atoms with Gasteiger partial charge in [0.2, 0.25) is 0 Å². The maximum Gasteiger partial charge on any atom is 0.315 e. The van der Waals surface area contributed by atoms with Gasteiger partial charge in [0.1, 0.15) is 0 Å². The number of nitrogens with one attached hydrogen (secondary N) is 2. The van der Waals surface area contributed by atoms with E-state index in [0.717, 1.165) is 32.2 Å². The van der Waals surface area contributed by atoms with Crippen molar-refractivity contribution in [1.82, 2.24) is 15.5 Å². The lowest BCUT2D eigenvalue weighted by atomic mass is 9.74. The van der Waals surface area contributed by atoms with Gasteiger partial charge in [0, 0.05) is 12.6 Å². The van der Waals surface area contributed by atoms with Crippen LogP contribution in [0.4, 0.5) is 4.79 Å². The summed E-state index contributed by atoms with van der Waals surface area (Å²) in [6, 6.07) is -0.176. The fraction of sp³-hybridized carbons (Fsp3) is 0.867. The van der Waals surface area contributed by atoms with Gasteiger partial charge < -0.3 is 20.6 Å². The van der Waals surface area contributed by atoms with Crippen LogP contribution in [0, 0.1) is 5.92 Å². The van der Waals surface area contributed by atoms with Gasteiger partial charge in [-0.05, 0) is 45.7 Å². The molecule has 0 aromatic heterocycles. The molecule has 0 aromatic rings. The van der Waals surface area contributed by atoms with Gasteiger partial charge >= 0.3 is 12.0 Å². The molecule has 21 heavy (non-hydrogen) atoms. The van der Waals surface area contributed by atoms with E-state index in [-0.39, 0.29) is 18.5 Å². The zero-order valence-electron chi connectivity index (χ0n) is 13.6. The topological polar surface area (TPSA) is 81.7 Å². The highest BCUT2D eigenvalue weighted by Crippen LogP contribution is 2.34. The second kappa shape index (κ2) is 7.64. The Morgan fingerprint density at radius 2 is 1.90 bits per heavy atom. The van der Waals surface area contributed by atoms with Gasteiger partial charge in [-0.25, -0.2) is 4.79 Å². The summed E-state index contributed by atoms with van der Waals surface area (Å²) in [6.07, 6.45) is 3.37. The molecule has 122 valence electrons. The summed E-state index contributed by atoms with van der Waals surface area (Å²) >= 11 is 0. The molecule has 1 aliphatic rings. The molecule has 1 atom stereocenters. The molecule has 3 N–H and O–H groups in total. The van der Waals surface area contributed by atoms with E-state index in [1.165, 1.54) is 0 Å². The van der Waals surface area contributed by atoms with Gasteiger partial charge in [-0.15, -0.1) is 0 Å². The number of carboxylic acids is 1. The first-order valence-corrected chi connectivity index (χ1v) is 7.67. The number of amides is 2. The van der Waals surface area contributed by atoms with E-state index in [1.807, 2.05) is 19.0 Å². The lowest BCUT2D eigenvalue weighted by molar-refractivity contribution is -0.139. The zero-order valence-corrected chi connectivity index (χ0v) is 13.6. The van der Waals surface area contributed by atoms with Gasteiger partial charge in [0.15, 0.2) is 0 Å². The fourth-order valence-corrected chi connectivity index (χ4v) is 2.89. The number of rotatable bonds is 8. The molecule has 0 saturated heterocycles. The third kappa shape index (κ3) is 6.33. The van der Waals surface area contributed by atoms with Crippen LogP contribution in [0.15, 0.2) is 0 Å². The monoisotopic (exact) mass is 299 g/mol. The van der Waals surface area contributed by atoms with Crippen molar-refractivity contribution in [1.29, 1.82) is 0 Å². The minimum atomic E-state index is -0.859. The summed E-state index contributed by atoms with van der Waals surface area (Å²) < 4.78 is 0. The van der Waals surface area contributed by atoms with Crippen molar-refractivity contribution >= 4 is 12.0 Å². The average molecular weight is 299 g/mol. The molecular formula is C15H29N3O3. The SMILES string of the molecule is CC(C)CC(CN(C)C)NC(=O)NC1(CC(=O)O)CCC1. The highest BCUT2D eigenvalue weighted by molar-refractivity contribution is 5.77. The van der Waals surface area contributed by atoms with Crippen LogP contribution in [0.3, 0.4) is 0 Å². The molecule has 0 heterocycles. The summed E-state index contributed by atoms with van der Waals surface area (Å²) in [7, 11) is 3.95. The number of carboxylic acid groups (broad SMARTS) is 1. The molecular weight excluding hydrogens is 270 g/mol. The third-order valence-electron chi connectivity index (χ3n) is 3.86. The predicted octanol–water partition coefficient (Wildman–Crippen LogP) is 1.66. The predicted molar refractivity (Wildman–Crippen MR) is 82.3 cm³/mol. The molecule has 0 bridgehead atoms. The number of likely N-dealkylation sites (N-methyl/N-ethyl adjacent to an activating group) is 1. The Kier molecular flexibility index (Phi) is 6.45. The van der Waals surface area contributed by atoms with E-state index in [2.05, 4.69) is 24.5 Å². The molecule has 1 aliphatic carbocycles. The Balaban J connectivity index is 2.54. The normalized spacial score (nSPS) is 18.2. The molecule has 1 unspecified atom stereocenters. The van der Waals surface area contributed by atoms with Crippen molar-refractivity contribution in [2.75, 3.05) is 20.6 Å². The third-order valence-corrected chi connectivity index (χ3v) is 3.86. The Hall–Kier alpha value is -1.30. The van der Waals surface area contributed by atoms with Crippen molar-refractivity contribution in [3.8, 4) is 0 Å². The number of nitrogens with zero attached hydrogens (tertiary/aromatic N) is 1. The lowest BCUT2D eigenvalue weighted by Crippen LogP contribution is -2.59. The van der Waals surface area contributed by atoms with Crippen LogP contribution in [0.5, 0.6) is 0 Å². The second-order valence-corrected chi connectivity index (χ2v) is 6.89. The first-order valence-electron chi connectivity index (χ1n) is 7.67. The van der Waals surface area contributed by atoms with Crippen molar-refractivity contribution in [2.24, 2.45) is 5.92 Å². The minimum Gasteiger partial charge on any atom is -0.481 e. The molecule has 2 amide bonds. The Morgan fingerprint density at radius 1 is 1.29 bits per heavy atom. The van der Waals surface area contributed by atoms with E-state index < -0.39 is 11.5 Å². The number of hydrogen-bond acceptors (Lipinski definition) is 3. The van der Waals surface area contributed by atoms with E-state index in [1.54, 1.807) is 0 Å². The maximum atomic E-state index is 12.2. The van der Waals surface area contributed by atoms with E-state index in [4.69, 9.17) is 5.11 Å². The summed E-state index contributed by atoms with van der Waals surface area (Å²) in [5, 5.41) is 14.8. The first kappa shape index (κ1) is 17.8. The lowest BCUT2D eigenvalue weighted by Gasteiger charge is -2.41.